The molecule has 0 radical (unpaired) electrons. The molecule has 2 unspecified atom stereocenters. The van der Waals surface area contributed by atoms with Crippen LogP contribution < -0.4 is 20.7 Å². The molecule has 1 rings (SSSR count). The van der Waals surface area contributed by atoms with Crippen molar-refractivity contribution in [3.63, 3.8) is 0 Å². The summed E-state index contributed by atoms with van der Waals surface area (Å²) in [5.74, 6) is -1.67. The molecule has 10 nitrogen and oxygen atoms in total. The van der Waals surface area contributed by atoms with Gasteiger partial charge in [-0.3, -0.25) is 14.4 Å². The molecule has 0 bridgehead atoms. The number of aliphatic hydroxyl groups is 1. The Morgan fingerprint density at radius 3 is 1.88 bits per heavy atom. The molecule has 232 valence electrons. The largest absolute Gasteiger partial charge is 0.466 e. The first-order chi connectivity index (χ1) is 19.0. The minimum Gasteiger partial charge on any atom is -0.466 e. The fourth-order valence-electron chi connectivity index (χ4n) is 4.00. The Morgan fingerprint density at radius 1 is 0.829 bits per heavy atom. The van der Waals surface area contributed by atoms with E-state index in [1.54, 1.807) is 58.0 Å². The molecule has 0 fully saturated rings. The van der Waals surface area contributed by atoms with E-state index in [9.17, 15) is 24.3 Å². The number of para-hydroxylation sites is 1. The van der Waals surface area contributed by atoms with Crippen LogP contribution in [0.15, 0.2) is 30.3 Å². The van der Waals surface area contributed by atoms with Crippen molar-refractivity contribution in [3.8, 4) is 5.75 Å². The quantitative estimate of drug-likeness (QED) is 0.167. The van der Waals surface area contributed by atoms with Crippen molar-refractivity contribution in [2.24, 2.45) is 17.8 Å². The van der Waals surface area contributed by atoms with Crippen LogP contribution in [0.4, 0.5) is 4.79 Å². The Hall–Kier alpha value is -2.92. The number of carbonyl (C=O) groups excluding carboxylic acids is 4. The van der Waals surface area contributed by atoms with E-state index in [2.05, 4.69) is 35.6 Å². The second-order valence-corrected chi connectivity index (χ2v) is 18.5. The van der Waals surface area contributed by atoms with Gasteiger partial charge < -0.3 is 30.5 Å². The highest BCUT2D eigenvalue weighted by atomic mass is 28.3. The van der Waals surface area contributed by atoms with E-state index in [0.717, 1.165) is 6.04 Å². The lowest BCUT2D eigenvalue weighted by atomic mass is 9.95. The third-order valence-corrected chi connectivity index (χ3v) is 8.14. The summed E-state index contributed by atoms with van der Waals surface area (Å²) < 4.78 is 10.6. The second-order valence-electron chi connectivity index (χ2n) is 12.8. The number of benzene rings is 1. The van der Waals surface area contributed by atoms with Crippen molar-refractivity contribution in [2.75, 3.05) is 6.61 Å². The zero-order chi connectivity index (χ0) is 31.3. The van der Waals surface area contributed by atoms with Gasteiger partial charge in [0.2, 0.25) is 11.8 Å². The van der Waals surface area contributed by atoms with Gasteiger partial charge in [-0.1, -0.05) is 79.4 Å². The second kappa shape index (κ2) is 17.1. The summed E-state index contributed by atoms with van der Waals surface area (Å²) in [4.78, 5) is 51.4. The number of amides is 3. The van der Waals surface area contributed by atoms with Gasteiger partial charge in [0.1, 0.15) is 17.8 Å². The topological polar surface area (TPSA) is 143 Å². The molecule has 0 saturated carbocycles. The van der Waals surface area contributed by atoms with E-state index >= 15 is 0 Å². The molecule has 0 heterocycles. The number of nitrogens with one attached hydrogen (secondary N) is 3. The predicted molar refractivity (Wildman–Crippen MR) is 162 cm³/mol. The number of esters is 1. The van der Waals surface area contributed by atoms with Crippen LogP contribution in [0.1, 0.15) is 54.4 Å². The van der Waals surface area contributed by atoms with Crippen molar-refractivity contribution in [1.29, 1.82) is 0 Å². The average Bonchev–Trinajstić information content (AvgIpc) is 2.84. The van der Waals surface area contributed by atoms with E-state index in [-0.39, 0.29) is 24.2 Å². The fraction of sp³-hybridized carbons (Fsp3) is 0.667. The van der Waals surface area contributed by atoms with Crippen molar-refractivity contribution in [1.82, 2.24) is 16.0 Å². The van der Waals surface area contributed by atoms with Crippen molar-refractivity contribution < 1.29 is 33.8 Å². The zero-order valence-electron chi connectivity index (χ0n) is 26.2. The van der Waals surface area contributed by atoms with Crippen LogP contribution in [-0.2, 0) is 19.1 Å². The van der Waals surface area contributed by atoms with Gasteiger partial charge in [-0.05, 0) is 42.4 Å². The van der Waals surface area contributed by atoms with Gasteiger partial charge >= 0.3 is 12.1 Å². The zero-order valence-corrected chi connectivity index (χ0v) is 27.2. The van der Waals surface area contributed by atoms with Crippen LogP contribution in [0, 0.1) is 17.8 Å². The monoisotopic (exact) mass is 593 g/mol. The Balaban J connectivity index is 2.89. The van der Waals surface area contributed by atoms with Gasteiger partial charge in [-0.15, -0.1) is 0 Å². The maximum Gasteiger partial charge on any atom is 0.413 e. The first kappa shape index (κ1) is 36.1. The predicted octanol–water partition coefficient (Wildman–Crippen LogP) is 4.10. The van der Waals surface area contributed by atoms with Crippen molar-refractivity contribution >= 4 is 32.0 Å². The Bertz CT molecular complexity index is 980. The van der Waals surface area contributed by atoms with E-state index in [1.165, 1.54) is 0 Å². The Kier molecular flexibility index (Phi) is 15.1. The Labute approximate surface area is 246 Å². The molecular formula is C30H51N3O7Si. The first-order valence-electron chi connectivity index (χ1n) is 14.5. The molecule has 3 amide bonds. The van der Waals surface area contributed by atoms with Crippen LogP contribution in [0.25, 0.3) is 0 Å². The first-order valence-corrected chi connectivity index (χ1v) is 18.2. The summed E-state index contributed by atoms with van der Waals surface area (Å²) in [5.41, 5.74) is 0. The lowest BCUT2D eigenvalue weighted by Crippen LogP contribution is -2.59. The number of aliphatic hydroxyl groups excluding tert-OH is 1. The molecule has 0 aromatic heterocycles. The maximum absolute atomic E-state index is 13.4. The molecule has 0 aliphatic carbocycles. The summed E-state index contributed by atoms with van der Waals surface area (Å²) in [6.45, 7) is 17.9. The van der Waals surface area contributed by atoms with Crippen molar-refractivity contribution in [3.05, 3.63) is 30.3 Å². The summed E-state index contributed by atoms with van der Waals surface area (Å²) in [7, 11) is -1.37. The van der Waals surface area contributed by atoms with Crippen LogP contribution in [-0.4, -0.2) is 67.9 Å². The third kappa shape index (κ3) is 14.5. The van der Waals surface area contributed by atoms with Gasteiger partial charge in [0.05, 0.1) is 25.2 Å². The average molecular weight is 594 g/mol. The van der Waals surface area contributed by atoms with E-state index < -0.39 is 56.2 Å². The molecule has 0 aliphatic rings. The minimum absolute atomic E-state index is 0.120. The van der Waals surface area contributed by atoms with E-state index in [4.69, 9.17) is 9.47 Å². The smallest absolute Gasteiger partial charge is 0.413 e. The van der Waals surface area contributed by atoms with E-state index in [0.29, 0.717) is 18.8 Å². The van der Waals surface area contributed by atoms with E-state index in [1.807, 2.05) is 13.8 Å². The minimum atomic E-state index is -1.37. The lowest BCUT2D eigenvalue weighted by Gasteiger charge is -2.30. The highest BCUT2D eigenvalue weighted by molar-refractivity contribution is 6.76. The molecule has 4 N–H and O–H groups in total. The normalized spacial score (nSPS) is 14.7. The number of carbonyl (C=O) groups is 4. The molecule has 1 aromatic carbocycles. The molecule has 4 atom stereocenters. The van der Waals surface area contributed by atoms with Crippen molar-refractivity contribution in [2.45, 2.75) is 104 Å². The molecule has 41 heavy (non-hydrogen) atoms. The number of hydrogen-bond donors (Lipinski definition) is 4. The molecule has 0 spiro atoms. The third-order valence-electron chi connectivity index (χ3n) is 6.43. The number of ether oxygens (including phenoxy) is 2. The Morgan fingerprint density at radius 2 is 1.37 bits per heavy atom. The number of rotatable bonds is 16. The summed E-state index contributed by atoms with van der Waals surface area (Å²) in [6, 6.07) is 6.70. The van der Waals surface area contributed by atoms with Crippen LogP contribution in [0.3, 0.4) is 0 Å². The SMILES string of the molecule is CC(C)C[C@H](NC(=O)C(NC(=O)C(NC(=O)Oc1ccccc1)C(C)C)C(C)C)[C@@H](O)CC(=O)OCC[Si](C)(C)C. The molecule has 1 aromatic rings. The van der Waals surface area contributed by atoms with Crippen LogP contribution in [0.5, 0.6) is 5.75 Å². The standard InChI is InChI=1S/C30H51N3O7Si/c1-19(2)17-23(24(34)18-25(35)39-15-16-41(7,8)9)31-28(36)26(20(3)4)32-29(37)27(21(5)6)33-30(38)40-22-13-11-10-12-14-22/h10-14,19-21,23-24,26-27,34H,15-18H2,1-9H3,(H,31,36)(H,32,37)(H,33,38)/t23-,24-,26?,27?/m0/s1. The van der Waals surface area contributed by atoms with Gasteiger partial charge in [-0.25, -0.2) is 4.79 Å². The molecule has 0 saturated heterocycles. The van der Waals surface area contributed by atoms with Crippen LogP contribution in [0.2, 0.25) is 25.7 Å². The summed E-state index contributed by atoms with van der Waals surface area (Å²) in [5, 5.41) is 19.1. The lowest BCUT2D eigenvalue weighted by molar-refractivity contribution is -0.146. The van der Waals surface area contributed by atoms with Gasteiger partial charge in [0.25, 0.3) is 0 Å². The van der Waals surface area contributed by atoms with Crippen LogP contribution >= 0.6 is 0 Å². The summed E-state index contributed by atoms with van der Waals surface area (Å²) in [6.07, 6.45) is -1.75. The summed E-state index contributed by atoms with van der Waals surface area (Å²) >= 11 is 0. The molecule has 11 heteroatoms. The van der Waals surface area contributed by atoms with Gasteiger partial charge in [-0.2, -0.15) is 0 Å². The number of hydrogen-bond acceptors (Lipinski definition) is 7. The highest BCUT2D eigenvalue weighted by Crippen LogP contribution is 2.15. The van der Waals surface area contributed by atoms with Gasteiger partial charge in [0.15, 0.2) is 0 Å². The fourth-order valence-corrected chi connectivity index (χ4v) is 4.71. The highest BCUT2D eigenvalue weighted by Gasteiger charge is 2.33. The molecular weight excluding hydrogens is 542 g/mol. The van der Waals surface area contributed by atoms with Gasteiger partial charge in [0, 0.05) is 8.07 Å². The maximum atomic E-state index is 13.4. The molecule has 0 aliphatic heterocycles.